The quantitative estimate of drug-likeness (QED) is 0.847. The fourth-order valence-electron chi connectivity index (χ4n) is 1.15. The van der Waals surface area contributed by atoms with Crippen LogP contribution in [0.3, 0.4) is 0 Å². The first-order chi connectivity index (χ1) is 8.28. The lowest BCUT2D eigenvalue weighted by Crippen LogP contribution is -2.21. The maximum atomic E-state index is 11.9. The summed E-state index contributed by atoms with van der Waals surface area (Å²) in [6.45, 7) is 2.13. The van der Waals surface area contributed by atoms with Crippen LogP contribution in [0.15, 0.2) is 18.2 Å². The van der Waals surface area contributed by atoms with Gasteiger partial charge in [-0.15, -0.1) is 0 Å². The third-order valence-corrected chi connectivity index (χ3v) is 1.76. The average molecular weight is 262 g/mol. The minimum absolute atomic E-state index is 0.0962. The average Bonchev–Trinajstić information content (AvgIpc) is 2.24. The third kappa shape index (κ3) is 5.03. The van der Waals surface area contributed by atoms with Crippen molar-refractivity contribution in [3.8, 4) is 0 Å². The Morgan fingerprint density at radius 1 is 1.44 bits per heavy atom. The monoisotopic (exact) mass is 262 g/mol. The molecule has 0 saturated heterocycles. The summed E-state index contributed by atoms with van der Waals surface area (Å²) in [5, 5.41) is 2.93. The van der Waals surface area contributed by atoms with Gasteiger partial charge in [0, 0.05) is 6.04 Å². The van der Waals surface area contributed by atoms with Gasteiger partial charge in [0.1, 0.15) is 5.82 Å². The number of carbonyl (C=O) groups is 1. The summed E-state index contributed by atoms with van der Waals surface area (Å²) in [5.74, 6) is -0.689. The number of alkyl halides is 3. The van der Waals surface area contributed by atoms with Crippen molar-refractivity contribution >= 4 is 11.8 Å². The smallest absolute Gasteiger partial charge is 0.422 e. The Hall–Kier alpha value is -1.79. The van der Waals surface area contributed by atoms with Gasteiger partial charge in [0.05, 0.1) is 0 Å². The molecule has 0 aliphatic rings. The lowest BCUT2D eigenvalue weighted by atomic mass is 10.3. The van der Waals surface area contributed by atoms with Crippen LogP contribution < -0.4 is 5.32 Å². The van der Waals surface area contributed by atoms with E-state index in [4.69, 9.17) is 0 Å². The van der Waals surface area contributed by atoms with Crippen molar-refractivity contribution < 1.29 is 22.7 Å². The molecule has 0 saturated carbocycles. The van der Waals surface area contributed by atoms with Crippen molar-refractivity contribution in [3.63, 3.8) is 0 Å². The van der Waals surface area contributed by atoms with E-state index in [9.17, 15) is 18.0 Å². The third-order valence-electron chi connectivity index (χ3n) is 1.76. The van der Waals surface area contributed by atoms with E-state index in [0.29, 0.717) is 5.82 Å². The molecule has 1 aromatic heterocycles. The zero-order valence-corrected chi connectivity index (χ0v) is 9.91. The summed E-state index contributed by atoms with van der Waals surface area (Å²) in [5.41, 5.74) is -0.162. The zero-order valence-electron chi connectivity index (χ0n) is 9.91. The summed E-state index contributed by atoms with van der Waals surface area (Å²) in [7, 11) is 0. The number of nitrogens with one attached hydrogen (secondary N) is 1. The lowest BCUT2D eigenvalue weighted by Gasteiger charge is -2.10. The molecule has 0 unspecified atom stereocenters. The van der Waals surface area contributed by atoms with E-state index in [1.165, 1.54) is 12.1 Å². The number of pyridine rings is 1. The van der Waals surface area contributed by atoms with Crippen molar-refractivity contribution in [2.24, 2.45) is 0 Å². The Bertz CT molecular complexity index is 419. The fraction of sp³-hybridized carbons (Fsp3) is 0.455. The Labute approximate surface area is 102 Å². The van der Waals surface area contributed by atoms with E-state index >= 15 is 0 Å². The number of ether oxygens (including phenoxy) is 1. The first-order valence-electron chi connectivity index (χ1n) is 5.25. The van der Waals surface area contributed by atoms with Crippen LogP contribution in [0.5, 0.6) is 0 Å². The Kier molecular flexibility index (Phi) is 4.52. The van der Waals surface area contributed by atoms with Gasteiger partial charge in [0.15, 0.2) is 12.3 Å². The topological polar surface area (TPSA) is 51.2 Å². The highest BCUT2D eigenvalue weighted by Crippen LogP contribution is 2.15. The van der Waals surface area contributed by atoms with Crippen LogP contribution in [0, 0.1) is 0 Å². The maximum absolute atomic E-state index is 11.9. The first kappa shape index (κ1) is 14.3. The molecule has 1 heterocycles. The second kappa shape index (κ2) is 5.70. The van der Waals surface area contributed by atoms with E-state index in [1.807, 2.05) is 13.8 Å². The molecule has 0 amide bonds. The number of hydrogen-bond acceptors (Lipinski definition) is 4. The standard InChI is InChI=1S/C11H13F3N2O2/c1-7(2)15-9-5-3-4-8(16-9)10(17)18-6-11(12,13)14/h3-5,7H,6H2,1-2H3,(H,15,16). The van der Waals surface area contributed by atoms with E-state index in [0.717, 1.165) is 0 Å². The Morgan fingerprint density at radius 3 is 2.67 bits per heavy atom. The normalized spacial score (nSPS) is 11.4. The van der Waals surface area contributed by atoms with Crippen molar-refractivity contribution in [3.05, 3.63) is 23.9 Å². The largest absolute Gasteiger partial charge is 0.451 e. The number of halogens is 3. The van der Waals surface area contributed by atoms with E-state index in [1.54, 1.807) is 6.07 Å². The van der Waals surface area contributed by atoms with Crippen LogP contribution in [0.2, 0.25) is 0 Å². The molecule has 18 heavy (non-hydrogen) atoms. The Morgan fingerprint density at radius 2 is 2.11 bits per heavy atom. The summed E-state index contributed by atoms with van der Waals surface area (Å²) < 4.78 is 39.7. The van der Waals surface area contributed by atoms with Gasteiger partial charge in [0.25, 0.3) is 0 Å². The molecule has 0 spiro atoms. The molecule has 0 fully saturated rings. The second-order valence-corrected chi connectivity index (χ2v) is 3.90. The van der Waals surface area contributed by atoms with E-state index < -0.39 is 18.8 Å². The number of hydrogen-bond donors (Lipinski definition) is 1. The summed E-state index contributed by atoms with van der Waals surface area (Å²) in [6.07, 6.45) is -4.54. The van der Waals surface area contributed by atoms with Crippen LogP contribution in [-0.4, -0.2) is 29.8 Å². The van der Waals surface area contributed by atoms with E-state index in [2.05, 4.69) is 15.0 Å². The predicted molar refractivity (Wildman–Crippen MR) is 59.3 cm³/mol. The van der Waals surface area contributed by atoms with Gasteiger partial charge in [0.2, 0.25) is 0 Å². The van der Waals surface area contributed by atoms with Crippen molar-refractivity contribution in [1.82, 2.24) is 4.98 Å². The predicted octanol–water partition coefficient (Wildman–Crippen LogP) is 2.62. The molecule has 1 rings (SSSR count). The molecule has 0 bridgehead atoms. The highest BCUT2D eigenvalue weighted by Gasteiger charge is 2.30. The molecule has 0 aliphatic carbocycles. The molecule has 0 aliphatic heterocycles. The number of esters is 1. The summed E-state index contributed by atoms with van der Waals surface area (Å²) >= 11 is 0. The highest BCUT2D eigenvalue weighted by molar-refractivity contribution is 5.87. The van der Waals surface area contributed by atoms with Crippen LogP contribution in [0.4, 0.5) is 19.0 Å². The summed E-state index contributed by atoms with van der Waals surface area (Å²) in [6, 6.07) is 4.52. The molecule has 0 aromatic carbocycles. The molecule has 1 N–H and O–H groups in total. The van der Waals surface area contributed by atoms with Crippen molar-refractivity contribution in [2.75, 3.05) is 11.9 Å². The van der Waals surface area contributed by atoms with E-state index in [-0.39, 0.29) is 11.7 Å². The number of nitrogens with zero attached hydrogens (tertiary/aromatic N) is 1. The highest BCUT2D eigenvalue weighted by atomic mass is 19.4. The molecule has 4 nitrogen and oxygen atoms in total. The van der Waals surface area contributed by atoms with Gasteiger partial charge in [-0.1, -0.05) is 6.07 Å². The SMILES string of the molecule is CC(C)Nc1cccc(C(=O)OCC(F)(F)F)n1. The Balaban J connectivity index is 2.68. The molecular weight excluding hydrogens is 249 g/mol. The van der Waals surface area contributed by atoms with Gasteiger partial charge in [-0.3, -0.25) is 0 Å². The number of carbonyl (C=O) groups excluding carboxylic acids is 1. The number of anilines is 1. The number of rotatable bonds is 4. The molecule has 7 heteroatoms. The van der Waals surface area contributed by atoms with Crippen molar-refractivity contribution in [2.45, 2.75) is 26.1 Å². The van der Waals surface area contributed by atoms with Crippen LogP contribution in [0.1, 0.15) is 24.3 Å². The minimum atomic E-state index is -4.54. The summed E-state index contributed by atoms with van der Waals surface area (Å²) in [4.78, 5) is 15.2. The van der Waals surface area contributed by atoms with Gasteiger partial charge in [-0.2, -0.15) is 13.2 Å². The fourth-order valence-corrected chi connectivity index (χ4v) is 1.15. The van der Waals surface area contributed by atoms with Crippen LogP contribution in [-0.2, 0) is 4.74 Å². The van der Waals surface area contributed by atoms with Gasteiger partial charge in [-0.05, 0) is 26.0 Å². The second-order valence-electron chi connectivity index (χ2n) is 3.90. The minimum Gasteiger partial charge on any atom is -0.451 e. The van der Waals surface area contributed by atoms with Gasteiger partial charge < -0.3 is 10.1 Å². The lowest BCUT2D eigenvalue weighted by molar-refractivity contribution is -0.161. The van der Waals surface area contributed by atoms with Crippen molar-refractivity contribution in [1.29, 1.82) is 0 Å². The molecule has 0 radical (unpaired) electrons. The van der Waals surface area contributed by atoms with Gasteiger partial charge >= 0.3 is 12.1 Å². The zero-order chi connectivity index (χ0) is 13.8. The molecule has 100 valence electrons. The molecule has 1 aromatic rings. The molecule has 0 atom stereocenters. The van der Waals surface area contributed by atoms with Gasteiger partial charge in [-0.25, -0.2) is 9.78 Å². The maximum Gasteiger partial charge on any atom is 0.422 e. The number of aromatic nitrogens is 1. The molecular formula is C11H13F3N2O2. The van der Waals surface area contributed by atoms with Crippen LogP contribution >= 0.6 is 0 Å². The van der Waals surface area contributed by atoms with Crippen LogP contribution in [0.25, 0.3) is 0 Å². The first-order valence-corrected chi connectivity index (χ1v) is 5.25.